The van der Waals surface area contributed by atoms with Crippen LogP contribution in [0.3, 0.4) is 0 Å². The van der Waals surface area contributed by atoms with Crippen molar-refractivity contribution in [3.05, 3.63) is 75.7 Å². The van der Waals surface area contributed by atoms with E-state index in [-0.39, 0.29) is 58.4 Å². The number of allylic oxidation sites excluding steroid dienone is 4. The van der Waals surface area contributed by atoms with Crippen LogP contribution < -0.4 is 24.8 Å². The van der Waals surface area contributed by atoms with E-state index in [9.17, 15) is 0 Å². The van der Waals surface area contributed by atoms with Crippen molar-refractivity contribution in [2.24, 2.45) is 0 Å². The van der Waals surface area contributed by atoms with Crippen molar-refractivity contribution >= 4 is 53.4 Å². The van der Waals surface area contributed by atoms with Crippen molar-refractivity contribution in [1.82, 2.24) is 0 Å². The first-order valence-electron chi connectivity index (χ1n) is 6.40. The Balaban J connectivity index is 0. The summed E-state index contributed by atoms with van der Waals surface area (Å²) in [5.74, 6) is 0. The van der Waals surface area contributed by atoms with Crippen LogP contribution in [-0.2, 0) is 26.2 Å². The van der Waals surface area contributed by atoms with Crippen molar-refractivity contribution in [1.29, 1.82) is 0 Å². The standard InChI is InChI=1S/C13H7Br2.C5H5.CH4.2ClH.Zr/c14-10-1-3-12-8(6-10)5-9-7-11(15)2-4-13(9)12;1-2-4-5-3-1;;;;/h1-7H;1-3H,4H2;1H4;2*1H;/q2*-1;;;;+4/p-2. The summed E-state index contributed by atoms with van der Waals surface area (Å²) in [5, 5.41) is 5.22. The van der Waals surface area contributed by atoms with E-state index in [4.69, 9.17) is 0 Å². The normalized spacial score (nSPS) is 10.8. The predicted octanol–water partition coefficient (Wildman–Crippen LogP) is 1.18. The minimum Gasteiger partial charge on any atom is -1.00 e. The monoisotopic (exact) mass is 562 g/mol. The summed E-state index contributed by atoms with van der Waals surface area (Å²) in [7, 11) is 0. The molecule has 1 aliphatic rings. The summed E-state index contributed by atoms with van der Waals surface area (Å²) in [4.78, 5) is 0. The van der Waals surface area contributed by atoms with Crippen LogP contribution in [0, 0.1) is 6.08 Å². The average Bonchev–Trinajstić information content (AvgIpc) is 3.08. The van der Waals surface area contributed by atoms with E-state index >= 15 is 0 Å². The Hall–Kier alpha value is 0.213. The van der Waals surface area contributed by atoms with Crippen molar-refractivity contribution in [3.63, 3.8) is 0 Å². The van der Waals surface area contributed by atoms with Crippen molar-refractivity contribution in [2.45, 2.75) is 13.8 Å². The molecule has 0 nitrogen and oxygen atoms in total. The molecular formula is C19H16Br2Cl2Zr. The summed E-state index contributed by atoms with van der Waals surface area (Å²) in [6.45, 7) is 0. The number of benzene rings is 2. The second-order valence-electron chi connectivity index (χ2n) is 4.61. The molecule has 5 heteroatoms. The summed E-state index contributed by atoms with van der Waals surface area (Å²) >= 11 is 6.99. The zero-order chi connectivity index (χ0) is 13.9. The molecule has 0 heterocycles. The molecule has 0 spiro atoms. The van der Waals surface area contributed by atoms with E-state index in [1.54, 1.807) is 0 Å². The van der Waals surface area contributed by atoms with Crippen LogP contribution in [-0.4, -0.2) is 0 Å². The van der Waals surface area contributed by atoms with Crippen molar-refractivity contribution < 1.29 is 51.0 Å². The third-order valence-corrected chi connectivity index (χ3v) is 4.20. The molecular weight excluding hydrogens is 550 g/mol. The molecule has 3 aromatic carbocycles. The molecule has 0 saturated heterocycles. The molecule has 0 aromatic heterocycles. The molecule has 0 saturated carbocycles. The number of hydrogen-bond donors (Lipinski definition) is 0. The van der Waals surface area contributed by atoms with Gasteiger partial charge in [0.15, 0.2) is 0 Å². The van der Waals surface area contributed by atoms with Crippen molar-refractivity contribution in [3.8, 4) is 0 Å². The van der Waals surface area contributed by atoms with Gasteiger partial charge in [0.05, 0.1) is 0 Å². The Morgan fingerprint density at radius 2 is 1.38 bits per heavy atom. The topological polar surface area (TPSA) is 0 Å². The van der Waals surface area contributed by atoms with Crippen LogP contribution in [0.2, 0.25) is 0 Å². The molecule has 1 aliphatic carbocycles. The Bertz CT molecular complexity index is 756. The largest absolute Gasteiger partial charge is 4.00 e. The third kappa shape index (κ3) is 6.50. The quantitative estimate of drug-likeness (QED) is 0.359. The molecule has 0 amide bonds. The molecule has 0 fully saturated rings. The molecule has 124 valence electrons. The fraction of sp³-hybridized carbons (Fsp3) is 0.105. The van der Waals surface area contributed by atoms with Gasteiger partial charge in [-0.3, -0.25) is 6.08 Å². The molecule has 0 unspecified atom stereocenters. The molecule has 0 N–H and O–H groups in total. The maximum atomic E-state index is 3.49. The first kappa shape index (κ1) is 26.4. The van der Waals surface area contributed by atoms with Gasteiger partial charge in [-0.25, -0.2) is 12.2 Å². The summed E-state index contributed by atoms with van der Waals surface area (Å²) in [6.07, 6.45) is 10.0. The van der Waals surface area contributed by atoms with Gasteiger partial charge in [-0.2, -0.15) is 6.08 Å². The molecule has 4 rings (SSSR count). The van der Waals surface area contributed by atoms with E-state index < -0.39 is 0 Å². The van der Waals surface area contributed by atoms with E-state index in [0.29, 0.717) is 0 Å². The Morgan fingerprint density at radius 1 is 0.875 bits per heavy atom. The van der Waals surface area contributed by atoms with Gasteiger partial charge in [0.2, 0.25) is 0 Å². The molecule has 3 aromatic rings. The maximum absolute atomic E-state index is 3.49. The van der Waals surface area contributed by atoms with Crippen LogP contribution in [0.1, 0.15) is 13.8 Å². The Kier molecular flexibility index (Phi) is 13.8. The third-order valence-electron chi connectivity index (χ3n) is 3.21. The van der Waals surface area contributed by atoms with E-state index in [2.05, 4.69) is 86.5 Å². The first-order valence-corrected chi connectivity index (χ1v) is 7.98. The molecule has 0 atom stereocenters. The van der Waals surface area contributed by atoms with Gasteiger partial charge >= 0.3 is 26.2 Å². The predicted molar refractivity (Wildman–Crippen MR) is 101 cm³/mol. The van der Waals surface area contributed by atoms with E-state index in [1.807, 2.05) is 12.2 Å². The van der Waals surface area contributed by atoms with E-state index in [1.165, 1.54) is 21.5 Å². The fourth-order valence-corrected chi connectivity index (χ4v) is 3.06. The molecule has 24 heavy (non-hydrogen) atoms. The summed E-state index contributed by atoms with van der Waals surface area (Å²) in [6, 6.07) is 15.0. The zero-order valence-corrected chi connectivity index (χ0v) is 19.1. The number of fused-ring (bicyclic) bond motifs is 3. The van der Waals surface area contributed by atoms with Gasteiger partial charge < -0.3 is 24.8 Å². The number of hydrogen-bond acceptors (Lipinski definition) is 0. The van der Waals surface area contributed by atoms with Crippen LogP contribution >= 0.6 is 31.9 Å². The summed E-state index contributed by atoms with van der Waals surface area (Å²) in [5.41, 5.74) is 0. The Morgan fingerprint density at radius 3 is 1.71 bits per heavy atom. The molecule has 0 bridgehead atoms. The second-order valence-corrected chi connectivity index (χ2v) is 6.44. The van der Waals surface area contributed by atoms with Crippen LogP contribution in [0.25, 0.3) is 21.5 Å². The minimum absolute atomic E-state index is 0. The number of halogens is 4. The van der Waals surface area contributed by atoms with Crippen LogP contribution in [0.5, 0.6) is 0 Å². The average molecular weight is 566 g/mol. The second kappa shape index (κ2) is 12.5. The SMILES string of the molecule is Brc1ccc2c(c1)[cH-]c1cc(Br)ccc12.C.[C-]1=CC=CC1.[Cl-].[Cl-].[Zr+4]. The van der Waals surface area contributed by atoms with E-state index in [0.717, 1.165) is 15.4 Å². The first-order chi connectivity index (χ1) is 9.74. The van der Waals surface area contributed by atoms with Crippen LogP contribution in [0.4, 0.5) is 0 Å². The van der Waals surface area contributed by atoms with Gasteiger partial charge in [-0.15, -0.1) is 46.2 Å². The number of rotatable bonds is 0. The fourth-order valence-electron chi connectivity index (χ4n) is 2.30. The maximum Gasteiger partial charge on any atom is 4.00 e. The van der Waals surface area contributed by atoms with Gasteiger partial charge in [0.1, 0.15) is 0 Å². The minimum atomic E-state index is 0. The van der Waals surface area contributed by atoms with Crippen molar-refractivity contribution in [2.75, 3.05) is 0 Å². The van der Waals surface area contributed by atoms with Crippen LogP contribution in [0.15, 0.2) is 69.6 Å². The van der Waals surface area contributed by atoms with Gasteiger partial charge in [-0.1, -0.05) is 63.6 Å². The van der Waals surface area contributed by atoms with Gasteiger partial charge in [0, 0.05) is 0 Å². The zero-order valence-electron chi connectivity index (χ0n) is 12.0. The summed E-state index contributed by atoms with van der Waals surface area (Å²) < 4.78 is 2.26. The van der Waals surface area contributed by atoms with Gasteiger partial charge in [0.25, 0.3) is 0 Å². The molecule has 0 aliphatic heterocycles. The van der Waals surface area contributed by atoms with Gasteiger partial charge in [-0.05, 0) is 8.95 Å². The Labute approximate surface area is 192 Å². The smallest absolute Gasteiger partial charge is 1.00 e. The molecule has 0 radical (unpaired) electrons.